The molecule has 2 heterocycles. The van der Waals surface area contributed by atoms with Crippen LogP contribution >= 0.6 is 0 Å². The van der Waals surface area contributed by atoms with Gasteiger partial charge in [-0.05, 0) is 12.5 Å². The molecule has 2 rings (SSSR count). The molecule has 1 aromatic rings. The molecule has 0 aromatic carbocycles. The second-order valence-corrected chi connectivity index (χ2v) is 3.69. The Bertz CT molecular complexity index is 453. The summed E-state index contributed by atoms with van der Waals surface area (Å²) in [5.74, 6) is 0.0519. The van der Waals surface area contributed by atoms with Gasteiger partial charge in [-0.3, -0.25) is 4.79 Å². The molecule has 0 spiro atoms. The summed E-state index contributed by atoms with van der Waals surface area (Å²) in [5, 5.41) is 8.71. The number of hydrogen-bond acceptors (Lipinski definition) is 5. The summed E-state index contributed by atoms with van der Waals surface area (Å²) in [5.41, 5.74) is 5.56. The van der Waals surface area contributed by atoms with Gasteiger partial charge in [-0.15, -0.1) is 0 Å². The van der Waals surface area contributed by atoms with Gasteiger partial charge in [-0.25, -0.2) is 9.97 Å². The molecule has 1 aromatic heterocycles. The van der Waals surface area contributed by atoms with Crippen molar-refractivity contribution in [2.24, 2.45) is 11.7 Å². The van der Waals surface area contributed by atoms with Crippen molar-refractivity contribution in [3.8, 4) is 6.07 Å². The van der Waals surface area contributed by atoms with Crippen LogP contribution < -0.4 is 10.6 Å². The topological polar surface area (TPSA) is 95.9 Å². The van der Waals surface area contributed by atoms with E-state index in [0.717, 1.165) is 6.42 Å². The van der Waals surface area contributed by atoms with E-state index < -0.39 is 0 Å². The highest BCUT2D eigenvalue weighted by Crippen LogP contribution is 2.20. The lowest BCUT2D eigenvalue weighted by atomic mass is 10.1. The minimum Gasteiger partial charge on any atom is -0.369 e. The summed E-state index contributed by atoms with van der Waals surface area (Å²) in [7, 11) is 0. The third-order valence-electron chi connectivity index (χ3n) is 2.63. The second kappa shape index (κ2) is 4.14. The van der Waals surface area contributed by atoms with Gasteiger partial charge in [0.2, 0.25) is 11.9 Å². The molecule has 1 amide bonds. The molecule has 6 nitrogen and oxygen atoms in total. The fourth-order valence-corrected chi connectivity index (χ4v) is 1.74. The number of carbonyl (C=O) groups is 1. The van der Waals surface area contributed by atoms with Crippen LogP contribution in [0, 0.1) is 17.2 Å². The Morgan fingerprint density at radius 2 is 2.50 bits per heavy atom. The molecule has 1 saturated heterocycles. The number of aromatic nitrogens is 2. The molecule has 82 valence electrons. The van der Waals surface area contributed by atoms with Gasteiger partial charge in [-0.2, -0.15) is 5.26 Å². The number of rotatable bonds is 2. The Hall–Kier alpha value is -2.16. The van der Waals surface area contributed by atoms with E-state index in [1.807, 2.05) is 11.0 Å². The molecule has 2 N–H and O–H groups in total. The number of anilines is 1. The average molecular weight is 217 g/mol. The predicted molar refractivity (Wildman–Crippen MR) is 56.3 cm³/mol. The van der Waals surface area contributed by atoms with Crippen LogP contribution in [0.1, 0.15) is 12.1 Å². The van der Waals surface area contributed by atoms with Crippen molar-refractivity contribution in [3.63, 3.8) is 0 Å². The zero-order valence-electron chi connectivity index (χ0n) is 8.63. The highest BCUT2D eigenvalue weighted by molar-refractivity contribution is 5.78. The van der Waals surface area contributed by atoms with E-state index in [1.165, 1.54) is 0 Å². The summed E-state index contributed by atoms with van der Waals surface area (Å²) in [6.45, 7) is 1.23. The Morgan fingerprint density at radius 1 is 1.69 bits per heavy atom. The van der Waals surface area contributed by atoms with Gasteiger partial charge in [0.1, 0.15) is 11.8 Å². The maximum absolute atomic E-state index is 11.0. The number of nitrogens with two attached hydrogens (primary N) is 1. The molecular formula is C10H11N5O. The van der Waals surface area contributed by atoms with Crippen LogP contribution in [-0.2, 0) is 4.79 Å². The van der Waals surface area contributed by atoms with E-state index in [4.69, 9.17) is 11.0 Å². The lowest BCUT2D eigenvalue weighted by molar-refractivity contribution is -0.121. The summed E-state index contributed by atoms with van der Waals surface area (Å²) >= 11 is 0. The Balaban J connectivity index is 2.14. The van der Waals surface area contributed by atoms with Crippen molar-refractivity contribution in [2.75, 3.05) is 18.0 Å². The molecule has 6 heteroatoms. The first-order chi connectivity index (χ1) is 7.70. The lowest BCUT2D eigenvalue weighted by Crippen LogP contribution is -2.28. The average Bonchev–Trinajstić information content (AvgIpc) is 2.78. The Labute approximate surface area is 92.7 Å². The van der Waals surface area contributed by atoms with Crippen LogP contribution in [0.2, 0.25) is 0 Å². The predicted octanol–water partition coefficient (Wildman–Crippen LogP) is -0.340. The number of nitriles is 1. The third-order valence-corrected chi connectivity index (χ3v) is 2.63. The van der Waals surface area contributed by atoms with Crippen LogP contribution in [0.25, 0.3) is 0 Å². The first-order valence-corrected chi connectivity index (χ1v) is 4.98. The number of amides is 1. The molecule has 0 aliphatic carbocycles. The van der Waals surface area contributed by atoms with Crippen LogP contribution in [-0.4, -0.2) is 29.0 Å². The van der Waals surface area contributed by atoms with Crippen LogP contribution in [0.3, 0.4) is 0 Å². The molecular weight excluding hydrogens is 206 g/mol. The second-order valence-electron chi connectivity index (χ2n) is 3.69. The molecule has 1 aliphatic heterocycles. The van der Waals surface area contributed by atoms with E-state index in [-0.39, 0.29) is 11.8 Å². The fourth-order valence-electron chi connectivity index (χ4n) is 1.74. The van der Waals surface area contributed by atoms with E-state index in [2.05, 4.69) is 9.97 Å². The number of carbonyl (C=O) groups excluding carboxylic acids is 1. The van der Waals surface area contributed by atoms with Gasteiger partial charge in [0, 0.05) is 19.3 Å². The zero-order valence-corrected chi connectivity index (χ0v) is 8.63. The van der Waals surface area contributed by atoms with Crippen LogP contribution in [0.5, 0.6) is 0 Å². The quantitative estimate of drug-likeness (QED) is 0.731. The SMILES string of the molecule is N#Cc1ccnc(N2CCC(C(N)=O)C2)n1. The van der Waals surface area contributed by atoms with Gasteiger partial charge < -0.3 is 10.6 Å². The van der Waals surface area contributed by atoms with Gasteiger partial charge in [0.05, 0.1) is 5.92 Å². The smallest absolute Gasteiger partial charge is 0.226 e. The normalized spacial score (nSPS) is 19.4. The highest BCUT2D eigenvalue weighted by Gasteiger charge is 2.28. The van der Waals surface area contributed by atoms with Crippen molar-refractivity contribution >= 4 is 11.9 Å². The van der Waals surface area contributed by atoms with Crippen molar-refractivity contribution in [2.45, 2.75) is 6.42 Å². The molecule has 0 radical (unpaired) electrons. The van der Waals surface area contributed by atoms with E-state index in [0.29, 0.717) is 24.7 Å². The first-order valence-electron chi connectivity index (χ1n) is 4.98. The molecule has 1 unspecified atom stereocenters. The summed E-state index contributed by atoms with van der Waals surface area (Å²) in [6.07, 6.45) is 2.26. The Kier molecular flexibility index (Phi) is 2.68. The molecule has 0 saturated carbocycles. The van der Waals surface area contributed by atoms with Crippen LogP contribution in [0.15, 0.2) is 12.3 Å². The summed E-state index contributed by atoms with van der Waals surface area (Å²) in [4.78, 5) is 21.0. The van der Waals surface area contributed by atoms with Gasteiger partial charge >= 0.3 is 0 Å². The summed E-state index contributed by atoms with van der Waals surface area (Å²) in [6, 6.07) is 3.50. The first kappa shape index (κ1) is 10.4. The molecule has 1 aliphatic rings. The van der Waals surface area contributed by atoms with E-state index in [1.54, 1.807) is 12.3 Å². The largest absolute Gasteiger partial charge is 0.369 e. The molecule has 1 atom stereocenters. The third kappa shape index (κ3) is 1.93. The fraction of sp³-hybridized carbons (Fsp3) is 0.400. The van der Waals surface area contributed by atoms with Gasteiger partial charge in [-0.1, -0.05) is 0 Å². The van der Waals surface area contributed by atoms with Gasteiger partial charge in [0.25, 0.3) is 0 Å². The minimum absolute atomic E-state index is 0.144. The minimum atomic E-state index is -0.293. The monoisotopic (exact) mass is 217 g/mol. The van der Waals surface area contributed by atoms with E-state index in [9.17, 15) is 4.79 Å². The highest BCUT2D eigenvalue weighted by atomic mass is 16.1. The molecule has 0 bridgehead atoms. The zero-order chi connectivity index (χ0) is 11.5. The maximum Gasteiger partial charge on any atom is 0.226 e. The molecule has 16 heavy (non-hydrogen) atoms. The molecule has 1 fully saturated rings. The van der Waals surface area contributed by atoms with Crippen molar-refractivity contribution in [3.05, 3.63) is 18.0 Å². The number of primary amides is 1. The number of hydrogen-bond donors (Lipinski definition) is 1. The van der Waals surface area contributed by atoms with Crippen molar-refractivity contribution in [1.29, 1.82) is 5.26 Å². The number of nitrogens with zero attached hydrogens (tertiary/aromatic N) is 4. The van der Waals surface area contributed by atoms with Gasteiger partial charge in [0.15, 0.2) is 0 Å². The lowest BCUT2D eigenvalue weighted by Gasteiger charge is -2.14. The standard InChI is InChI=1S/C10H11N5O/c11-5-8-1-3-13-10(14-8)15-4-2-7(6-15)9(12)16/h1,3,7H,2,4,6H2,(H2,12,16). The van der Waals surface area contributed by atoms with Crippen molar-refractivity contribution in [1.82, 2.24) is 9.97 Å². The van der Waals surface area contributed by atoms with E-state index >= 15 is 0 Å². The maximum atomic E-state index is 11.0. The van der Waals surface area contributed by atoms with Crippen molar-refractivity contribution < 1.29 is 4.79 Å². The van der Waals surface area contributed by atoms with Crippen LogP contribution in [0.4, 0.5) is 5.95 Å². The summed E-state index contributed by atoms with van der Waals surface area (Å²) < 4.78 is 0. The Morgan fingerprint density at radius 3 is 3.12 bits per heavy atom.